The Morgan fingerprint density at radius 1 is 0.299 bits per heavy atom. The van der Waals surface area contributed by atoms with Crippen molar-refractivity contribution in [3.05, 3.63) is 0 Å². The topological polar surface area (TPSA) is 6.48 Å². The van der Waals surface area contributed by atoms with Crippen molar-refractivity contribution in [3.8, 4) is 0 Å². The van der Waals surface area contributed by atoms with Crippen molar-refractivity contribution in [2.45, 2.75) is 342 Å². The SMILES string of the molecule is CCCCCCCCCC(CCCCCCCC1CC1CCCCCCCC)N(C)CCCSSCCN(C)C(CCCCCCCCC)CCCCCCCC1CC1CCCCCCCC. The fraction of sp³-hybridized carbons (Fsp3) is 1.00. The maximum Gasteiger partial charge on any atom is 0.0165 e. The average molecular weight is 976 g/mol. The summed E-state index contributed by atoms with van der Waals surface area (Å²) in [5.41, 5.74) is 0. The molecule has 0 radical (unpaired) electrons. The fourth-order valence-corrected chi connectivity index (χ4v) is 14.1. The molecule has 2 nitrogen and oxygen atoms in total. The maximum absolute atomic E-state index is 2.79. The Morgan fingerprint density at radius 2 is 0.552 bits per heavy atom. The van der Waals surface area contributed by atoms with Crippen LogP contribution in [0.1, 0.15) is 329 Å². The minimum atomic E-state index is 0.799. The van der Waals surface area contributed by atoms with Gasteiger partial charge in [0, 0.05) is 30.1 Å². The summed E-state index contributed by atoms with van der Waals surface area (Å²) in [5, 5.41) is 0. The number of rotatable bonds is 56. The normalized spacial score (nSPS) is 19.0. The first-order valence-electron chi connectivity index (χ1n) is 31.7. The molecule has 2 fully saturated rings. The van der Waals surface area contributed by atoms with E-state index in [0.29, 0.717) is 0 Å². The molecule has 0 spiro atoms. The molecule has 2 saturated carbocycles. The van der Waals surface area contributed by atoms with Crippen molar-refractivity contribution < 1.29 is 0 Å². The third-order valence-electron chi connectivity index (χ3n) is 17.1. The molecule has 2 rings (SSSR count). The van der Waals surface area contributed by atoms with Gasteiger partial charge in [-0.15, -0.1) is 0 Å². The van der Waals surface area contributed by atoms with E-state index in [1.54, 1.807) is 25.7 Å². The molecular formula is C63H126N2S2. The first kappa shape index (κ1) is 63.7. The lowest BCUT2D eigenvalue weighted by Gasteiger charge is -2.29. The maximum atomic E-state index is 2.79. The first-order chi connectivity index (χ1) is 33.0. The van der Waals surface area contributed by atoms with Gasteiger partial charge in [-0.3, -0.25) is 0 Å². The van der Waals surface area contributed by atoms with Crippen molar-refractivity contribution in [3.63, 3.8) is 0 Å². The summed E-state index contributed by atoms with van der Waals surface area (Å²) in [6, 6.07) is 1.60. The number of nitrogens with zero attached hydrogens (tertiary/aromatic N) is 2. The van der Waals surface area contributed by atoms with Crippen LogP contribution in [-0.2, 0) is 0 Å². The summed E-state index contributed by atoms with van der Waals surface area (Å²) >= 11 is 0. The molecule has 0 aromatic rings. The van der Waals surface area contributed by atoms with Crippen molar-refractivity contribution in [2.75, 3.05) is 38.7 Å². The predicted molar refractivity (Wildman–Crippen MR) is 311 cm³/mol. The number of hydrogen-bond acceptors (Lipinski definition) is 4. The zero-order chi connectivity index (χ0) is 48.1. The van der Waals surface area contributed by atoms with E-state index in [1.807, 2.05) is 0 Å². The third-order valence-corrected chi connectivity index (χ3v) is 19.6. The summed E-state index contributed by atoms with van der Waals surface area (Å²) in [6.07, 6.45) is 68.8. The van der Waals surface area contributed by atoms with E-state index in [-0.39, 0.29) is 0 Å². The Hall–Kier alpha value is 0.620. The van der Waals surface area contributed by atoms with Gasteiger partial charge in [0.2, 0.25) is 0 Å². The van der Waals surface area contributed by atoms with Gasteiger partial charge in [0.05, 0.1) is 0 Å². The van der Waals surface area contributed by atoms with Crippen LogP contribution in [0.5, 0.6) is 0 Å². The second-order valence-electron chi connectivity index (χ2n) is 23.4. The highest BCUT2D eigenvalue weighted by Crippen LogP contribution is 2.46. The second-order valence-corrected chi connectivity index (χ2v) is 26.1. The van der Waals surface area contributed by atoms with Crippen LogP contribution in [-0.4, -0.2) is 60.6 Å². The van der Waals surface area contributed by atoms with Crippen LogP contribution in [0.3, 0.4) is 0 Å². The number of unbranched alkanes of at least 4 members (excludes halogenated alkanes) is 30. The van der Waals surface area contributed by atoms with Gasteiger partial charge in [0.25, 0.3) is 0 Å². The molecule has 4 heteroatoms. The molecule has 6 unspecified atom stereocenters. The molecule has 0 aromatic heterocycles. The summed E-state index contributed by atoms with van der Waals surface area (Å²) in [4.78, 5) is 5.58. The van der Waals surface area contributed by atoms with Crippen LogP contribution in [0, 0.1) is 23.7 Å². The Balaban J connectivity index is 1.60. The lowest BCUT2D eigenvalue weighted by Crippen LogP contribution is -2.33. The standard InChI is InChI=1S/C63H126N2S2/c1-7-11-15-19-23-31-39-48-62(49-41-33-25-29-37-46-60-56-58(60)44-35-27-21-17-13-9-3)64(5)52-43-54-66-67-55-53-65(6)63(50-40-32-24-20-16-12-8-2)51-42-34-26-30-38-47-61-57-59(61)45-36-28-22-18-14-10-4/h58-63H,7-57H2,1-6H3. The molecule has 0 saturated heterocycles. The molecule has 67 heavy (non-hydrogen) atoms. The summed E-state index contributed by atoms with van der Waals surface area (Å²) in [7, 11) is 9.28. The fourth-order valence-electron chi connectivity index (χ4n) is 11.9. The molecule has 0 aromatic carbocycles. The van der Waals surface area contributed by atoms with Gasteiger partial charge in [-0.05, 0) is 89.3 Å². The first-order valence-corrected chi connectivity index (χ1v) is 34.2. The molecule has 400 valence electrons. The molecule has 0 aliphatic heterocycles. The Bertz CT molecular complexity index is 915. The van der Waals surface area contributed by atoms with E-state index >= 15 is 0 Å². The molecule has 0 N–H and O–H groups in total. The van der Waals surface area contributed by atoms with Crippen molar-refractivity contribution in [1.29, 1.82) is 0 Å². The van der Waals surface area contributed by atoms with Gasteiger partial charge in [-0.1, -0.05) is 306 Å². The van der Waals surface area contributed by atoms with Crippen LogP contribution >= 0.6 is 21.6 Å². The lowest BCUT2D eigenvalue weighted by molar-refractivity contribution is 0.210. The highest BCUT2D eigenvalue weighted by molar-refractivity contribution is 8.76. The van der Waals surface area contributed by atoms with Gasteiger partial charge in [0.15, 0.2) is 0 Å². The van der Waals surface area contributed by atoms with Crippen molar-refractivity contribution in [2.24, 2.45) is 23.7 Å². The summed E-state index contributed by atoms with van der Waals surface area (Å²) < 4.78 is 0. The zero-order valence-corrected chi connectivity index (χ0v) is 48.9. The Kier molecular flexibility index (Phi) is 45.3. The smallest absolute Gasteiger partial charge is 0.0165 e. The highest BCUT2D eigenvalue weighted by Gasteiger charge is 2.35. The summed E-state index contributed by atoms with van der Waals surface area (Å²) in [5.74, 6) is 7.03. The largest absolute Gasteiger partial charge is 0.303 e. The van der Waals surface area contributed by atoms with Crippen LogP contribution in [0.15, 0.2) is 0 Å². The Morgan fingerprint density at radius 3 is 0.866 bits per heavy atom. The van der Waals surface area contributed by atoms with Gasteiger partial charge >= 0.3 is 0 Å². The van der Waals surface area contributed by atoms with Gasteiger partial charge in [-0.25, -0.2) is 0 Å². The van der Waals surface area contributed by atoms with Crippen LogP contribution in [0.25, 0.3) is 0 Å². The second kappa shape index (κ2) is 47.6. The van der Waals surface area contributed by atoms with E-state index in [9.17, 15) is 0 Å². The highest BCUT2D eigenvalue weighted by atomic mass is 33.1. The van der Waals surface area contributed by atoms with Gasteiger partial charge < -0.3 is 9.80 Å². The van der Waals surface area contributed by atoms with Crippen LogP contribution in [0.4, 0.5) is 0 Å². The van der Waals surface area contributed by atoms with E-state index in [0.717, 1.165) is 35.8 Å². The third kappa shape index (κ3) is 38.9. The van der Waals surface area contributed by atoms with Crippen molar-refractivity contribution in [1.82, 2.24) is 9.80 Å². The van der Waals surface area contributed by atoms with E-state index in [2.05, 4.69) is 73.2 Å². The minimum absolute atomic E-state index is 0.799. The molecule has 6 atom stereocenters. The van der Waals surface area contributed by atoms with Crippen LogP contribution in [0.2, 0.25) is 0 Å². The molecule has 0 heterocycles. The minimum Gasteiger partial charge on any atom is -0.303 e. The van der Waals surface area contributed by atoms with Crippen molar-refractivity contribution >= 4 is 21.6 Å². The molecule has 0 amide bonds. The average Bonchev–Trinajstić information content (AvgIpc) is 4.27. The lowest BCUT2D eigenvalue weighted by atomic mass is 9.98. The zero-order valence-electron chi connectivity index (χ0n) is 47.2. The summed E-state index contributed by atoms with van der Waals surface area (Å²) in [6.45, 7) is 11.9. The molecule has 2 aliphatic rings. The quantitative estimate of drug-likeness (QED) is 0.0442. The van der Waals surface area contributed by atoms with E-state index < -0.39 is 0 Å². The Labute approximate surface area is 433 Å². The van der Waals surface area contributed by atoms with Crippen LogP contribution < -0.4 is 0 Å². The molecular weight excluding hydrogens is 849 g/mol. The number of hydrogen-bond donors (Lipinski definition) is 0. The van der Waals surface area contributed by atoms with E-state index in [4.69, 9.17) is 0 Å². The van der Waals surface area contributed by atoms with Gasteiger partial charge in [-0.2, -0.15) is 0 Å². The van der Waals surface area contributed by atoms with Gasteiger partial charge in [0.1, 0.15) is 0 Å². The molecule has 2 aliphatic carbocycles. The predicted octanol–water partition coefficient (Wildman–Crippen LogP) is 21.9. The monoisotopic (exact) mass is 975 g/mol. The molecule has 0 bridgehead atoms. The van der Waals surface area contributed by atoms with E-state index in [1.165, 1.54) is 301 Å².